The molecule has 0 bridgehead atoms. The Hall–Kier alpha value is -2.65. The van der Waals surface area contributed by atoms with Crippen LogP contribution in [0.2, 0.25) is 0 Å². The molecule has 0 spiro atoms. The van der Waals surface area contributed by atoms with E-state index in [1.807, 2.05) is 12.1 Å². The van der Waals surface area contributed by atoms with Crippen molar-refractivity contribution < 1.29 is 9.50 Å². The molecule has 1 aromatic carbocycles. The molecule has 0 atom stereocenters. The first-order valence-corrected chi connectivity index (χ1v) is 10.4. The summed E-state index contributed by atoms with van der Waals surface area (Å²) in [6.45, 7) is 6.34. The molecule has 5 rings (SSSR count). The SMILES string of the molecule is OCc1cc(-c2c(-c3ccc(F)cc3)nn3c2CN(N2CCNCC2)CC3)ccn1. The fraction of sp³-hybridized carbons (Fsp3) is 0.364. The number of hydrogen-bond acceptors (Lipinski definition) is 6. The van der Waals surface area contributed by atoms with Gasteiger partial charge in [0.2, 0.25) is 0 Å². The van der Waals surface area contributed by atoms with Crippen LogP contribution in [0.4, 0.5) is 4.39 Å². The minimum absolute atomic E-state index is 0.115. The summed E-state index contributed by atoms with van der Waals surface area (Å²) >= 11 is 0. The Morgan fingerprint density at radius 3 is 2.53 bits per heavy atom. The molecule has 30 heavy (non-hydrogen) atoms. The number of pyridine rings is 1. The molecular weight excluding hydrogens is 383 g/mol. The van der Waals surface area contributed by atoms with Gasteiger partial charge in [-0.2, -0.15) is 5.10 Å². The maximum absolute atomic E-state index is 13.5. The first-order chi connectivity index (χ1) is 14.7. The topological polar surface area (TPSA) is 69.5 Å². The van der Waals surface area contributed by atoms with Gasteiger partial charge in [-0.25, -0.2) is 14.4 Å². The molecule has 8 heteroatoms. The Bertz CT molecular complexity index is 1030. The lowest BCUT2D eigenvalue weighted by molar-refractivity contribution is -0.0552. The van der Waals surface area contributed by atoms with Gasteiger partial charge in [0, 0.05) is 50.0 Å². The highest BCUT2D eigenvalue weighted by molar-refractivity contribution is 5.83. The minimum atomic E-state index is -0.263. The summed E-state index contributed by atoms with van der Waals surface area (Å²) < 4.78 is 15.6. The summed E-state index contributed by atoms with van der Waals surface area (Å²) in [4.78, 5) is 4.23. The van der Waals surface area contributed by atoms with Crippen molar-refractivity contribution in [2.75, 3.05) is 32.7 Å². The van der Waals surface area contributed by atoms with Gasteiger partial charge in [-0.1, -0.05) is 0 Å². The van der Waals surface area contributed by atoms with Gasteiger partial charge in [0.1, 0.15) is 11.5 Å². The van der Waals surface area contributed by atoms with Gasteiger partial charge in [0.05, 0.1) is 31.1 Å². The van der Waals surface area contributed by atoms with Crippen LogP contribution in [0.1, 0.15) is 11.4 Å². The number of hydrazine groups is 1. The summed E-state index contributed by atoms with van der Waals surface area (Å²) in [5.41, 5.74) is 5.46. The number of aromatic nitrogens is 3. The van der Waals surface area contributed by atoms with Crippen molar-refractivity contribution in [1.29, 1.82) is 0 Å². The zero-order valence-corrected chi connectivity index (χ0v) is 16.8. The zero-order valence-electron chi connectivity index (χ0n) is 16.8. The van der Waals surface area contributed by atoms with Crippen molar-refractivity contribution in [2.24, 2.45) is 0 Å². The highest BCUT2D eigenvalue weighted by Crippen LogP contribution is 2.37. The van der Waals surface area contributed by atoms with Crippen LogP contribution in [0, 0.1) is 5.82 Å². The molecule has 2 aromatic heterocycles. The second-order valence-corrected chi connectivity index (χ2v) is 7.69. The van der Waals surface area contributed by atoms with E-state index in [4.69, 9.17) is 5.10 Å². The third-order valence-electron chi connectivity index (χ3n) is 5.84. The number of nitrogens with zero attached hydrogens (tertiary/aromatic N) is 5. The van der Waals surface area contributed by atoms with E-state index in [0.717, 1.165) is 73.9 Å². The molecule has 0 unspecified atom stereocenters. The number of fused-ring (bicyclic) bond motifs is 1. The fourth-order valence-electron chi connectivity index (χ4n) is 4.32. The van der Waals surface area contributed by atoms with Crippen LogP contribution in [-0.2, 0) is 19.7 Å². The minimum Gasteiger partial charge on any atom is -0.390 e. The van der Waals surface area contributed by atoms with Gasteiger partial charge in [-0.15, -0.1) is 0 Å². The molecule has 2 aliphatic rings. The second-order valence-electron chi connectivity index (χ2n) is 7.69. The standard InChI is InChI=1S/C22H25FN6O/c23-18-3-1-16(2-4-18)22-21(17-5-6-25-19(13-17)15-30)20-14-28(11-12-29(20)26-22)27-9-7-24-8-10-27/h1-6,13,24,30H,7-12,14-15H2. The van der Waals surface area contributed by atoms with Crippen molar-refractivity contribution in [3.63, 3.8) is 0 Å². The molecule has 0 aliphatic carbocycles. The second kappa shape index (κ2) is 8.23. The maximum Gasteiger partial charge on any atom is 0.123 e. The summed E-state index contributed by atoms with van der Waals surface area (Å²) in [6.07, 6.45) is 1.72. The number of rotatable bonds is 4. The smallest absolute Gasteiger partial charge is 0.123 e. The van der Waals surface area contributed by atoms with E-state index in [-0.39, 0.29) is 12.4 Å². The van der Waals surface area contributed by atoms with Gasteiger partial charge >= 0.3 is 0 Å². The van der Waals surface area contributed by atoms with Crippen molar-refractivity contribution in [3.05, 3.63) is 59.8 Å². The lowest BCUT2D eigenvalue weighted by Gasteiger charge is -2.40. The van der Waals surface area contributed by atoms with Crippen LogP contribution in [-0.4, -0.2) is 62.6 Å². The van der Waals surface area contributed by atoms with E-state index in [1.165, 1.54) is 12.1 Å². The van der Waals surface area contributed by atoms with E-state index in [9.17, 15) is 9.50 Å². The first-order valence-electron chi connectivity index (χ1n) is 10.4. The van der Waals surface area contributed by atoms with Crippen molar-refractivity contribution in [3.8, 4) is 22.4 Å². The number of piperazine rings is 1. The Morgan fingerprint density at radius 2 is 1.77 bits per heavy atom. The lowest BCUT2D eigenvalue weighted by atomic mass is 9.98. The summed E-state index contributed by atoms with van der Waals surface area (Å²) in [7, 11) is 0. The van der Waals surface area contributed by atoms with E-state index in [2.05, 4.69) is 25.0 Å². The Morgan fingerprint density at radius 1 is 0.967 bits per heavy atom. The Balaban J connectivity index is 1.60. The molecule has 0 radical (unpaired) electrons. The summed E-state index contributed by atoms with van der Waals surface area (Å²) in [5.74, 6) is -0.263. The average Bonchev–Trinajstić information content (AvgIpc) is 3.19. The van der Waals surface area contributed by atoms with Crippen LogP contribution in [0.3, 0.4) is 0 Å². The predicted octanol–water partition coefficient (Wildman–Crippen LogP) is 1.88. The molecule has 2 N–H and O–H groups in total. The zero-order chi connectivity index (χ0) is 20.5. The fourth-order valence-corrected chi connectivity index (χ4v) is 4.32. The van der Waals surface area contributed by atoms with Gasteiger partial charge in [0.25, 0.3) is 0 Å². The molecule has 1 fully saturated rings. The van der Waals surface area contributed by atoms with Gasteiger partial charge < -0.3 is 10.4 Å². The molecular formula is C22H25FN6O. The average molecular weight is 408 g/mol. The summed E-state index contributed by atoms with van der Waals surface area (Å²) in [5, 5.41) is 22.7. The summed E-state index contributed by atoms with van der Waals surface area (Å²) in [6, 6.07) is 10.3. The van der Waals surface area contributed by atoms with Crippen LogP contribution < -0.4 is 5.32 Å². The van der Waals surface area contributed by atoms with Crippen LogP contribution in [0.5, 0.6) is 0 Å². The number of nitrogens with one attached hydrogen (secondary N) is 1. The van der Waals surface area contributed by atoms with Crippen LogP contribution >= 0.6 is 0 Å². The van der Waals surface area contributed by atoms with Gasteiger partial charge in [-0.05, 0) is 42.0 Å². The Kier molecular flexibility index (Phi) is 5.30. The van der Waals surface area contributed by atoms with Gasteiger partial charge in [0.15, 0.2) is 0 Å². The number of benzene rings is 1. The van der Waals surface area contributed by atoms with E-state index in [0.29, 0.717) is 5.69 Å². The predicted molar refractivity (Wildman–Crippen MR) is 112 cm³/mol. The highest BCUT2D eigenvalue weighted by Gasteiger charge is 2.29. The van der Waals surface area contributed by atoms with Crippen LogP contribution in [0.25, 0.3) is 22.4 Å². The van der Waals surface area contributed by atoms with E-state index in [1.54, 1.807) is 18.3 Å². The van der Waals surface area contributed by atoms with E-state index >= 15 is 0 Å². The Labute approximate surface area is 174 Å². The lowest BCUT2D eigenvalue weighted by Crippen LogP contribution is -2.54. The number of aliphatic hydroxyl groups is 1. The molecule has 3 aromatic rings. The third-order valence-corrected chi connectivity index (χ3v) is 5.84. The molecule has 4 heterocycles. The highest BCUT2D eigenvalue weighted by atomic mass is 19.1. The molecule has 0 amide bonds. The third kappa shape index (κ3) is 3.63. The number of hydrogen-bond donors (Lipinski definition) is 2. The van der Waals surface area contributed by atoms with Crippen LogP contribution in [0.15, 0.2) is 42.6 Å². The number of halogens is 1. The quantitative estimate of drug-likeness (QED) is 0.687. The molecule has 0 saturated carbocycles. The monoisotopic (exact) mass is 408 g/mol. The molecule has 7 nitrogen and oxygen atoms in total. The maximum atomic E-state index is 13.5. The van der Waals surface area contributed by atoms with Crippen molar-refractivity contribution in [2.45, 2.75) is 19.7 Å². The van der Waals surface area contributed by atoms with E-state index < -0.39 is 0 Å². The van der Waals surface area contributed by atoms with Crippen molar-refractivity contribution in [1.82, 2.24) is 30.1 Å². The molecule has 2 aliphatic heterocycles. The molecule has 156 valence electrons. The molecule has 1 saturated heterocycles. The number of aliphatic hydroxyl groups excluding tert-OH is 1. The van der Waals surface area contributed by atoms with Gasteiger partial charge in [-0.3, -0.25) is 9.67 Å². The van der Waals surface area contributed by atoms with Crippen molar-refractivity contribution >= 4 is 0 Å². The first kappa shape index (κ1) is 19.3. The largest absolute Gasteiger partial charge is 0.390 e. The normalized spacial score (nSPS) is 17.8.